The second kappa shape index (κ2) is 8.22. The van der Waals surface area contributed by atoms with Crippen molar-refractivity contribution < 1.29 is 9.47 Å². The molecule has 0 unspecified atom stereocenters. The average Bonchev–Trinajstić information content (AvgIpc) is 3.38. The number of nitrogens with zero attached hydrogens (tertiary/aromatic N) is 4. The maximum atomic E-state index is 6.28. The first-order valence-corrected chi connectivity index (χ1v) is 11.0. The van der Waals surface area contributed by atoms with Gasteiger partial charge < -0.3 is 14.8 Å². The molecule has 5 rings (SSSR count). The number of ether oxygens (including phenoxy) is 2. The zero-order valence-electron chi connectivity index (χ0n) is 17.7. The summed E-state index contributed by atoms with van der Waals surface area (Å²) in [5.41, 5.74) is 2.84. The Morgan fingerprint density at radius 3 is 2.83 bits per heavy atom. The minimum Gasteiger partial charge on any atom is -0.471 e. The van der Waals surface area contributed by atoms with E-state index in [4.69, 9.17) is 14.5 Å². The van der Waals surface area contributed by atoms with Crippen LogP contribution in [0.25, 0.3) is 22.0 Å². The largest absolute Gasteiger partial charge is 0.471 e. The summed E-state index contributed by atoms with van der Waals surface area (Å²) >= 11 is 0. The lowest BCUT2D eigenvalue weighted by Gasteiger charge is -2.27. The Morgan fingerprint density at radius 2 is 2.03 bits per heavy atom. The summed E-state index contributed by atoms with van der Waals surface area (Å²) in [6.07, 6.45) is 9.62. The molecule has 1 atom stereocenters. The van der Waals surface area contributed by atoms with Gasteiger partial charge in [-0.15, -0.1) is 0 Å². The molecule has 158 valence electrons. The molecule has 2 aromatic heterocycles. The van der Waals surface area contributed by atoms with E-state index < -0.39 is 0 Å². The molecule has 0 spiro atoms. The van der Waals surface area contributed by atoms with E-state index in [9.17, 15) is 0 Å². The quantitative estimate of drug-likeness (QED) is 0.684. The van der Waals surface area contributed by atoms with Gasteiger partial charge in [0, 0.05) is 37.3 Å². The van der Waals surface area contributed by atoms with Gasteiger partial charge in [0.2, 0.25) is 11.8 Å². The summed E-state index contributed by atoms with van der Waals surface area (Å²) in [5, 5.41) is 9.17. The van der Waals surface area contributed by atoms with Crippen LogP contribution in [0.3, 0.4) is 0 Å². The Labute approximate surface area is 176 Å². The van der Waals surface area contributed by atoms with Crippen LogP contribution in [0.15, 0.2) is 30.6 Å². The van der Waals surface area contributed by atoms with Gasteiger partial charge in [-0.2, -0.15) is 10.1 Å². The molecule has 0 radical (unpaired) electrons. The third-order valence-corrected chi connectivity index (χ3v) is 6.20. The number of aromatic nitrogens is 4. The Bertz CT molecular complexity index is 1020. The number of hydrogen-bond donors (Lipinski definition) is 1. The number of hydrogen-bond acceptors (Lipinski definition) is 6. The van der Waals surface area contributed by atoms with E-state index in [1.165, 1.54) is 12.8 Å². The number of nitrogens with one attached hydrogen (secondary N) is 1. The smallest absolute Gasteiger partial charge is 0.226 e. The van der Waals surface area contributed by atoms with Crippen molar-refractivity contribution >= 4 is 16.9 Å². The summed E-state index contributed by atoms with van der Waals surface area (Å²) in [6, 6.07) is 6.66. The van der Waals surface area contributed by atoms with Crippen LogP contribution in [0.2, 0.25) is 0 Å². The predicted molar refractivity (Wildman–Crippen MR) is 117 cm³/mol. The van der Waals surface area contributed by atoms with Crippen LogP contribution < -0.4 is 10.1 Å². The van der Waals surface area contributed by atoms with Gasteiger partial charge in [-0.3, -0.25) is 4.68 Å². The van der Waals surface area contributed by atoms with Gasteiger partial charge in [-0.05, 0) is 43.2 Å². The second-order valence-corrected chi connectivity index (χ2v) is 8.69. The molecule has 3 heterocycles. The average molecular weight is 408 g/mol. The lowest BCUT2D eigenvalue weighted by atomic mass is 9.87. The molecule has 1 saturated heterocycles. The van der Waals surface area contributed by atoms with Gasteiger partial charge in [0.05, 0.1) is 24.3 Å². The second-order valence-electron chi connectivity index (χ2n) is 8.69. The molecular formula is C23H29N5O2. The van der Waals surface area contributed by atoms with Crippen molar-refractivity contribution in [2.24, 2.45) is 13.0 Å². The van der Waals surface area contributed by atoms with Crippen molar-refractivity contribution in [3.8, 4) is 17.0 Å². The van der Waals surface area contributed by atoms with E-state index in [1.54, 1.807) is 0 Å². The van der Waals surface area contributed by atoms with Crippen molar-refractivity contribution in [1.82, 2.24) is 19.7 Å². The first-order chi connectivity index (χ1) is 14.6. The van der Waals surface area contributed by atoms with Crippen LogP contribution in [0.1, 0.15) is 39.0 Å². The Hall–Kier alpha value is -2.67. The number of anilines is 1. The SMILES string of the molecule is Cn1cc2ccc(-c3cnc(N[C@H]4CC[C@H](C)CC4)nc3O[C@@H]3CCOC3)cc2n1. The lowest BCUT2D eigenvalue weighted by molar-refractivity contribution is 0.138. The molecule has 7 nitrogen and oxygen atoms in total. The fourth-order valence-electron chi connectivity index (χ4n) is 4.38. The molecule has 1 aliphatic carbocycles. The highest BCUT2D eigenvalue weighted by Gasteiger charge is 2.23. The van der Waals surface area contributed by atoms with Crippen LogP contribution in [-0.2, 0) is 11.8 Å². The minimum atomic E-state index is 0.0283. The van der Waals surface area contributed by atoms with Crippen LogP contribution >= 0.6 is 0 Å². The van der Waals surface area contributed by atoms with Gasteiger partial charge in [0.15, 0.2) is 0 Å². The molecule has 0 bridgehead atoms. The summed E-state index contributed by atoms with van der Waals surface area (Å²) in [6.45, 7) is 3.66. The van der Waals surface area contributed by atoms with Crippen LogP contribution in [0, 0.1) is 5.92 Å². The maximum Gasteiger partial charge on any atom is 0.226 e. The topological polar surface area (TPSA) is 74.1 Å². The number of rotatable bonds is 5. The Kier molecular flexibility index (Phi) is 5.29. The van der Waals surface area contributed by atoms with E-state index >= 15 is 0 Å². The molecule has 3 aromatic rings. The standard InChI is InChI=1S/C23H29N5O2/c1-15-3-7-18(8-4-15)25-23-24-12-20(22(26-23)30-19-9-10-29-14-19)16-5-6-17-13-28(2)27-21(17)11-16/h5-6,11-13,15,18-19H,3-4,7-10,14H2,1-2H3,(H,24,25,26)/t15-,18-,19-/m1/s1. The van der Waals surface area contributed by atoms with E-state index in [0.29, 0.717) is 24.5 Å². The normalized spacial score (nSPS) is 24.3. The fraction of sp³-hybridized carbons (Fsp3) is 0.522. The van der Waals surface area contributed by atoms with Crippen LogP contribution in [0.4, 0.5) is 5.95 Å². The van der Waals surface area contributed by atoms with Gasteiger partial charge in [0.1, 0.15) is 6.10 Å². The monoisotopic (exact) mass is 407 g/mol. The van der Waals surface area contributed by atoms with E-state index in [0.717, 1.165) is 53.8 Å². The zero-order valence-corrected chi connectivity index (χ0v) is 17.7. The number of fused-ring (bicyclic) bond motifs is 1. The van der Waals surface area contributed by atoms with Crippen molar-refractivity contribution in [3.63, 3.8) is 0 Å². The summed E-state index contributed by atoms with van der Waals surface area (Å²) in [7, 11) is 1.93. The fourth-order valence-corrected chi connectivity index (χ4v) is 4.38. The minimum absolute atomic E-state index is 0.0283. The molecule has 7 heteroatoms. The highest BCUT2D eigenvalue weighted by Crippen LogP contribution is 2.33. The van der Waals surface area contributed by atoms with Gasteiger partial charge >= 0.3 is 0 Å². The van der Waals surface area contributed by atoms with E-state index in [2.05, 4.69) is 40.5 Å². The molecule has 30 heavy (non-hydrogen) atoms. The van der Waals surface area contributed by atoms with Crippen LogP contribution in [-0.4, -0.2) is 45.1 Å². The molecule has 1 aromatic carbocycles. The third-order valence-electron chi connectivity index (χ3n) is 6.20. The lowest BCUT2D eigenvalue weighted by Crippen LogP contribution is -2.26. The third kappa shape index (κ3) is 4.12. The molecule has 1 N–H and O–H groups in total. The van der Waals surface area contributed by atoms with Gasteiger partial charge in [0.25, 0.3) is 0 Å². The highest BCUT2D eigenvalue weighted by molar-refractivity contribution is 5.84. The summed E-state index contributed by atoms with van der Waals surface area (Å²) in [4.78, 5) is 9.41. The molecule has 2 aliphatic rings. The summed E-state index contributed by atoms with van der Waals surface area (Å²) < 4.78 is 13.6. The van der Waals surface area contributed by atoms with E-state index in [1.807, 2.05) is 24.1 Å². The van der Waals surface area contributed by atoms with Crippen LogP contribution in [0.5, 0.6) is 5.88 Å². The van der Waals surface area contributed by atoms with Crippen molar-refractivity contribution in [3.05, 3.63) is 30.6 Å². The molecule has 1 saturated carbocycles. The molecular weight excluding hydrogens is 378 g/mol. The van der Waals surface area contributed by atoms with Gasteiger partial charge in [-0.25, -0.2) is 4.98 Å². The Morgan fingerprint density at radius 1 is 1.17 bits per heavy atom. The first kappa shape index (κ1) is 19.3. The highest BCUT2D eigenvalue weighted by atomic mass is 16.5. The van der Waals surface area contributed by atoms with Crippen molar-refractivity contribution in [1.29, 1.82) is 0 Å². The van der Waals surface area contributed by atoms with Crippen molar-refractivity contribution in [2.45, 2.75) is 51.2 Å². The molecule has 0 amide bonds. The maximum absolute atomic E-state index is 6.28. The molecule has 2 fully saturated rings. The number of benzene rings is 1. The predicted octanol–water partition coefficient (Wildman–Crippen LogP) is 4.19. The first-order valence-electron chi connectivity index (χ1n) is 11.0. The van der Waals surface area contributed by atoms with Gasteiger partial charge in [-0.1, -0.05) is 19.1 Å². The number of aryl methyl sites for hydroxylation is 1. The van der Waals surface area contributed by atoms with E-state index in [-0.39, 0.29) is 6.10 Å². The zero-order chi connectivity index (χ0) is 20.5. The molecule has 1 aliphatic heterocycles. The summed E-state index contributed by atoms with van der Waals surface area (Å²) in [5.74, 6) is 2.07. The Balaban J connectivity index is 1.45. The van der Waals surface area contributed by atoms with Crippen molar-refractivity contribution in [2.75, 3.05) is 18.5 Å².